The molecule has 0 unspecified atom stereocenters. The van der Waals surface area contributed by atoms with Crippen molar-refractivity contribution >= 4 is 25.0 Å². The van der Waals surface area contributed by atoms with Crippen LogP contribution in [-0.2, 0) is 9.22 Å². The fourth-order valence-corrected chi connectivity index (χ4v) is 7.77. The maximum atomic E-state index is 10.4. The number of benzene rings is 2. The van der Waals surface area contributed by atoms with Crippen LogP contribution in [0.1, 0.15) is 27.2 Å². The predicted molar refractivity (Wildman–Crippen MR) is 103 cm³/mol. The molecule has 0 N–H and O–H groups in total. The van der Waals surface area contributed by atoms with Gasteiger partial charge in [0.2, 0.25) is 0 Å². The van der Waals surface area contributed by atoms with Crippen molar-refractivity contribution in [1.82, 2.24) is 0 Å². The first kappa shape index (κ1) is 18.4. The molecule has 0 aliphatic heterocycles. The van der Waals surface area contributed by atoms with Gasteiger partial charge in [-0.2, -0.15) is 0 Å². The number of aldehydes is 1. The van der Waals surface area contributed by atoms with Gasteiger partial charge in [0, 0.05) is 6.61 Å². The summed E-state index contributed by atoms with van der Waals surface area (Å²) in [6, 6.07) is 21.2. The van der Waals surface area contributed by atoms with E-state index in [2.05, 4.69) is 69.3 Å². The lowest BCUT2D eigenvalue weighted by Gasteiger charge is -2.43. The Bertz CT molecular complexity index is 618. The zero-order valence-corrected chi connectivity index (χ0v) is 15.7. The summed E-state index contributed by atoms with van der Waals surface area (Å²) in [4.78, 5) is 10.4. The molecule has 0 bridgehead atoms. The summed E-state index contributed by atoms with van der Waals surface area (Å²) in [7, 11) is -2.43. The molecule has 0 amide bonds. The van der Waals surface area contributed by atoms with Crippen LogP contribution in [0.15, 0.2) is 72.8 Å². The molecular formula is C21H26O2Si. The Morgan fingerprint density at radius 1 is 0.917 bits per heavy atom. The molecule has 2 aromatic rings. The average Bonchev–Trinajstić information content (AvgIpc) is 2.59. The van der Waals surface area contributed by atoms with Crippen LogP contribution in [0.3, 0.4) is 0 Å². The summed E-state index contributed by atoms with van der Waals surface area (Å²) in [6.07, 6.45) is 4.95. The van der Waals surface area contributed by atoms with Crippen LogP contribution in [0.2, 0.25) is 5.04 Å². The lowest BCUT2D eigenvalue weighted by atomic mass is 10.2. The summed E-state index contributed by atoms with van der Waals surface area (Å²) in [6.45, 7) is 7.40. The first-order valence-electron chi connectivity index (χ1n) is 8.37. The second kappa shape index (κ2) is 8.22. The van der Waals surface area contributed by atoms with Crippen molar-refractivity contribution in [3.8, 4) is 0 Å². The van der Waals surface area contributed by atoms with Crippen LogP contribution in [0.5, 0.6) is 0 Å². The predicted octanol–water partition coefficient (Wildman–Crippen LogP) is 3.71. The Morgan fingerprint density at radius 2 is 1.42 bits per heavy atom. The van der Waals surface area contributed by atoms with Gasteiger partial charge in [-0.05, 0) is 27.9 Å². The van der Waals surface area contributed by atoms with E-state index in [4.69, 9.17) is 4.43 Å². The molecule has 0 radical (unpaired) electrons. The van der Waals surface area contributed by atoms with E-state index in [1.54, 1.807) is 0 Å². The van der Waals surface area contributed by atoms with Gasteiger partial charge in [0.05, 0.1) is 0 Å². The fourth-order valence-electron chi connectivity index (χ4n) is 3.19. The molecule has 2 rings (SSSR count). The van der Waals surface area contributed by atoms with Crippen molar-refractivity contribution in [2.45, 2.75) is 32.2 Å². The summed E-state index contributed by atoms with van der Waals surface area (Å²) >= 11 is 0. The number of rotatable bonds is 7. The van der Waals surface area contributed by atoms with E-state index in [0.29, 0.717) is 6.61 Å². The zero-order valence-electron chi connectivity index (χ0n) is 14.7. The molecule has 3 heteroatoms. The van der Waals surface area contributed by atoms with Crippen LogP contribution < -0.4 is 10.4 Å². The fraction of sp³-hybridized carbons (Fsp3) is 0.286. The van der Waals surface area contributed by atoms with Gasteiger partial charge < -0.3 is 4.43 Å². The molecular weight excluding hydrogens is 312 g/mol. The summed E-state index contributed by atoms with van der Waals surface area (Å²) in [5.74, 6) is 0. The van der Waals surface area contributed by atoms with Crippen LogP contribution >= 0.6 is 0 Å². The molecule has 0 aliphatic carbocycles. The van der Waals surface area contributed by atoms with Crippen molar-refractivity contribution in [3.05, 3.63) is 72.8 Å². The molecule has 0 fully saturated rings. The standard InChI is InChI=1S/C21H26O2Si/c1-21(2,3)24(19-13-7-4-8-14-19,20-15-9-5-10-16-20)23-18-12-6-11-17-22/h4-11,13-17H,12,18H2,1-3H3/b11-6+. The highest BCUT2D eigenvalue weighted by atomic mass is 28.4. The Hall–Kier alpha value is -1.97. The first-order valence-corrected chi connectivity index (χ1v) is 10.3. The normalized spacial score (nSPS) is 12.5. The Labute approximate surface area is 146 Å². The third-order valence-electron chi connectivity index (χ3n) is 4.23. The van der Waals surface area contributed by atoms with Gasteiger partial charge in [-0.1, -0.05) is 87.5 Å². The molecule has 0 aliphatic rings. The lowest BCUT2D eigenvalue weighted by Crippen LogP contribution is -2.66. The molecule has 0 aromatic heterocycles. The highest BCUT2D eigenvalue weighted by Crippen LogP contribution is 2.36. The number of carbonyl (C=O) groups is 1. The lowest BCUT2D eigenvalue weighted by molar-refractivity contribution is -0.104. The van der Waals surface area contributed by atoms with Crippen LogP contribution in [0.4, 0.5) is 0 Å². The molecule has 24 heavy (non-hydrogen) atoms. The molecule has 2 aromatic carbocycles. The van der Waals surface area contributed by atoms with Crippen LogP contribution in [-0.4, -0.2) is 21.2 Å². The zero-order chi connectivity index (χ0) is 17.5. The highest BCUT2D eigenvalue weighted by Gasteiger charge is 2.49. The third-order valence-corrected chi connectivity index (χ3v) is 9.28. The third kappa shape index (κ3) is 3.92. The largest absolute Gasteiger partial charge is 0.407 e. The SMILES string of the molecule is CC(C)(C)[Si](OCC/C=C/C=O)(c1ccccc1)c1ccccc1. The van der Waals surface area contributed by atoms with E-state index < -0.39 is 8.32 Å². The van der Waals surface area contributed by atoms with E-state index in [-0.39, 0.29) is 5.04 Å². The molecule has 0 saturated heterocycles. The minimum Gasteiger partial charge on any atom is -0.407 e. The van der Waals surface area contributed by atoms with Gasteiger partial charge in [0.15, 0.2) is 0 Å². The average molecular weight is 339 g/mol. The van der Waals surface area contributed by atoms with E-state index in [9.17, 15) is 4.79 Å². The van der Waals surface area contributed by atoms with E-state index in [1.807, 2.05) is 18.2 Å². The molecule has 126 valence electrons. The first-order chi connectivity index (χ1) is 11.5. The quantitative estimate of drug-likeness (QED) is 0.333. The van der Waals surface area contributed by atoms with Gasteiger partial charge in [-0.3, -0.25) is 4.79 Å². The summed E-state index contributed by atoms with van der Waals surface area (Å²) < 4.78 is 6.68. The maximum absolute atomic E-state index is 10.4. The molecule has 0 saturated carbocycles. The maximum Gasteiger partial charge on any atom is 0.261 e. The number of carbonyl (C=O) groups excluding carboxylic acids is 1. The minimum atomic E-state index is -2.43. The van der Waals surface area contributed by atoms with Gasteiger partial charge in [-0.15, -0.1) is 0 Å². The van der Waals surface area contributed by atoms with Gasteiger partial charge in [0.1, 0.15) is 6.29 Å². The Morgan fingerprint density at radius 3 is 1.83 bits per heavy atom. The van der Waals surface area contributed by atoms with Crippen molar-refractivity contribution in [2.75, 3.05) is 6.61 Å². The smallest absolute Gasteiger partial charge is 0.261 e. The number of allylic oxidation sites excluding steroid dienone is 1. The topological polar surface area (TPSA) is 26.3 Å². The van der Waals surface area contributed by atoms with Crippen LogP contribution in [0, 0.1) is 0 Å². The number of hydrogen-bond acceptors (Lipinski definition) is 2. The van der Waals surface area contributed by atoms with E-state index >= 15 is 0 Å². The van der Waals surface area contributed by atoms with E-state index in [0.717, 1.165) is 12.7 Å². The van der Waals surface area contributed by atoms with Crippen molar-refractivity contribution in [3.63, 3.8) is 0 Å². The molecule has 0 spiro atoms. The monoisotopic (exact) mass is 338 g/mol. The van der Waals surface area contributed by atoms with Gasteiger partial charge in [-0.25, -0.2) is 0 Å². The van der Waals surface area contributed by atoms with Crippen molar-refractivity contribution < 1.29 is 9.22 Å². The van der Waals surface area contributed by atoms with E-state index in [1.165, 1.54) is 16.4 Å². The van der Waals surface area contributed by atoms with Crippen molar-refractivity contribution in [1.29, 1.82) is 0 Å². The number of hydrogen-bond donors (Lipinski definition) is 0. The van der Waals surface area contributed by atoms with Gasteiger partial charge >= 0.3 is 0 Å². The minimum absolute atomic E-state index is 0.00984. The van der Waals surface area contributed by atoms with Gasteiger partial charge in [0.25, 0.3) is 8.32 Å². The molecule has 0 atom stereocenters. The summed E-state index contributed by atoms with van der Waals surface area (Å²) in [5.41, 5.74) is 0. The second-order valence-corrected chi connectivity index (χ2v) is 11.2. The summed E-state index contributed by atoms with van der Waals surface area (Å²) in [5, 5.41) is 2.55. The molecule has 2 nitrogen and oxygen atoms in total. The van der Waals surface area contributed by atoms with Crippen LogP contribution in [0.25, 0.3) is 0 Å². The van der Waals surface area contributed by atoms with Crippen molar-refractivity contribution in [2.24, 2.45) is 0 Å². The molecule has 0 heterocycles. The highest BCUT2D eigenvalue weighted by molar-refractivity contribution is 6.99. The Kier molecular flexibility index (Phi) is 6.29. The Balaban J connectivity index is 2.49. The second-order valence-electron chi connectivity index (χ2n) is 6.86.